The topological polar surface area (TPSA) is 171 Å². The van der Waals surface area contributed by atoms with Crippen LogP contribution in [0.5, 0.6) is 11.5 Å². The number of morpholine rings is 1. The molecule has 1 atom stereocenters. The van der Waals surface area contributed by atoms with Crippen LogP contribution in [0.25, 0.3) is 21.1 Å². The fraction of sp³-hybridized carbons (Fsp3) is 0.362. The Balaban J connectivity index is 0.000000181. The van der Waals surface area contributed by atoms with E-state index in [2.05, 4.69) is 55.9 Å². The Kier molecular flexibility index (Phi) is 14.4. The maximum absolute atomic E-state index is 13.6. The van der Waals surface area contributed by atoms with E-state index in [0.717, 1.165) is 77.5 Å². The minimum absolute atomic E-state index is 0.0364. The molecule has 4 aromatic heterocycles. The summed E-state index contributed by atoms with van der Waals surface area (Å²) < 4.78 is 31.4. The number of carbonyl (C=O) groups is 1. The quantitative estimate of drug-likeness (QED) is 0.0764. The van der Waals surface area contributed by atoms with Gasteiger partial charge in [-0.2, -0.15) is 5.10 Å². The van der Waals surface area contributed by atoms with Crippen molar-refractivity contribution < 1.29 is 23.4 Å². The molecule has 0 radical (unpaired) electrons. The molecule has 346 valence electrons. The van der Waals surface area contributed by atoms with Gasteiger partial charge in [-0.3, -0.25) is 10.00 Å². The first-order valence-electron chi connectivity index (χ1n) is 21.7. The lowest BCUT2D eigenvalue weighted by atomic mass is 10.0. The first-order chi connectivity index (χ1) is 31.9. The van der Waals surface area contributed by atoms with Crippen LogP contribution in [0.2, 0.25) is 5.02 Å². The van der Waals surface area contributed by atoms with Crippen LogP contribution in [0.4, 0.5) is 32.3 Å². The normalized spacial score (nSPS) is 15.0. The zero-order valence-electron chi connectivity index (χ0n) is 37.8. The van der Waals surface area contributed by atoms with Gasteiger partial charge in [0.1, 0.15) is 23.8 Å². The van der Waals surface area contributed by atoms with Crippen molar-refractivity contribution in [2.45, 2.75) is 45.3 Å². The third kappa shape index (κ3) is 10.6. The second-order valence-electron chi connectivity index (χ2n) is 16.8. The molecule has 7 aromatic rings. The second-order valence-corrected chi connectivity index (χ2v) is 18.1. The van der Waals surface area contributed by atoms with Crippen molar-refractivity contribution in [2.75, 3.05) is 77.8 Å². The minimum atomic E-state index is -0.550. The standard InChI is InChI=1S/C25H30N8OS.C22H24ClFN4O3/c1-15-26-18-11-12-35-20(18)23(27-15)29-22-17-13-33(25(2,3)21(17)30-31-22)24(34)28-19(14-32(4)5)16-9-7-6-8-10-16;1-29-20-13-19-16(12-21(20)31-8-2-5-28-6-9-30-10-7-28)22(26-14-25-19)27-15-3-4-18(24)17(23)11-15/h6-12,19H,13-14H2,1-5H3,(H,28,34)(H2,26,27,29,30,31);3-4,11-14H,2,5-10H2,1H3,(H,25,26,27)/t19-;/m1./s1. The average molecular weight is 938 g/mol. The number of fused-ring (bicyclic) bond motifs is 3. The van der Waals surface area contributed by atoms with Gasteiger partial charge in [-0.05, 0) is 82.6 Å². The number of hydrogen-bond acceptors (Lipinski definition) is 14. The number of thiophene rings is 1. The lowest BCUT2D eigenvalue weighted by Crippen LogP contribution is -2.48. The Morgan fingerprint density at radius 2 is 1.80 bits per heavy atom. The molecule has 1 saturated heterocycles. The number of hydrogen-bond donors (Lipinski definition) is 4. The number of halogens is 2. The smallest absolute Gasteiger partial charge is 0.319 e. The van der Waals surface area contributed by atoms with Crippen LogP contribution in [0.15, 0.2) is 78.4 Å². The first kappa shape index (κ1) is 46.4. The highest BCUT2D eigenvalue weighted by atomic mass is 35.5. The lowest BCUT2D eigenvalue weighted by Gasteiger charge is -2.34. The first-order valence-corrected chi connectivity index (χ1v) is 23.0. The van der Waals surface area contributed by atoms with Crippen LogP contribution in [-0.4, -0.2) is 118 Å². The molecule has 2 aliphatic heterocycles. The Bertz CT molecular complexity index is 2780. The summed E-state index contributed by atoms with van der Waals surface area (Å²) in [5.74, 6) is 3.42. The SMILES string of the molecule is COc1cc2ncnc(Nc3ccc(F)c(Cl)c3)c2cc1OCCCN1CCOCC1.Cc1nc(Nc2n[nH]c3c2CN(C(=O)N[C@H](CN(C)C)c2ccccc2)C3(C)C)c2sccc2n1. The summed E-state index contributed by atoms with van der Waals surface area (Å²) in [6, 6.07) is 19.9. The Morgan fingerprint density at radius 3 is 2.56 bits per heavy atom. The minimum Gasteiger partial charge on any atom is -0.493 e. The van der Waals surface area contributed by atoms with Crippen molar-refractivity contribution in [3.8, 4) is 11.5 Å². The van der Waals surface area contributed by atoms with Crippen molar-refractivity contribution in [3.63, 3.8) is 0 Å². The number of ether oxygens (including phenoxy) is 3. The molecule has 16 nitrogen and oxygen atoms in total. The number of aromatic nitrogens is 6. The van der Waals surface area contributed by atoms with Gasteiger partial charge in [0.25, 0.3) is 0 Å². The van der Waals surface area contributed by atoms with Gasteiger partial charge in [-0.15, -0.1) is 11.3 Å². The van der Waals surface area contributed by atoms with Gasteiger partial charge in [-0.25, -0.2) is 29.1 Å². The van der Waals surface area contributed by atoms with E-state index in [0.29, 0.717) is 59.9 Å². The molecule has 66 heavy (non-hydrogen) atoms. The van der Waals surface area contributed by atoms with E-state index in [1.54, 1.807) is 24.5 Å². The van der Waals surface area contributed by atoms with E-state index in [-0.39, 0.29) is 17.1 Å². The molecule has 1 fully saturated rings. The van der Waals surface area contributed by atoms with Gasteiger partial charge in [0.15, 0.2) is 23.1 Å². The summed E-state index contributed by atoms with van der Waals surface area (Å²) in [5, 5.41) is 20.3. The molecule has 2 aliphatic rings. The van der Waals surface area contributed by atoms with E-state index in [9.17, 15) is 9.18 Å². The number of amides is 2. The van der Waals surface area contributed by atoms with Gasteiger partial charge >= 0.3 is 6.03 Å². The zero-order valence-corrected chi connectivity index (χ0v) is 39.4. The summed E-state index contributed by atoms with van der Waals surface area (Å²) >= 11 is 7.48. The highest BCUT2D eigenvalue weighted by molar-refractivity contribution is 7.17. The fourth-order valence-corrected chi connectivity index (χ4v) is 9.03. The van der Waals surface area contributed by atoms with Gasteiger partial charge in [0, 0.05) is 48.9 Å². The predicted molar refractivity (Wildman–Crippen MR) is 257 cm³/mol. The van der Waals surface area contributed by atoms with Crippen LogP contribution in [0.3, 0.4) is 0 Å². The maximum Gasteiger partial charge on any atom is 0.319 e. The highest BCUT2D eigenvalue weighted by Gasteiger charge is 2.44. The fourth-order valence-electron chi connectivity index (χ4n) is 8.07. The van der Waals surface area contributed by atoms with Crippen LogP contribution in [0.1, 0.15) is 49.0 Å². The molecule has 0 aliphatic carbocycles. The molecule has 4 N–H and O–H groups in total. The summed E-state index contributed by atoms with van der Waals surface area (Å²) in [7, 11) is 5.62. The van der Waals surface area contributed by atoms with Gasteiger partial charge in [0.05, 0.1) is 71.5 Å². The molecule has 0 spiro atoms. The number of methoxy groups -OCH3 is 1. The van der Waals surface area contributed by atoms with E-state index < -0.39 is 11.4 Å². The van der Waals surface area contributed by atoms with Crippen molar-refractivity contribution in [1.82, 2.24) is 50.1 Å². The number of carbonyl (C=O) groups excluding carboxylic acids is 1. The highest BCUT2D eigenvalue weighted by Crippen LogP contribution is 2.42. The Morgan fingerprint density at radius 1 is 1.00 bits per heavy atom. The molecule has 19 heteroatoms. The molecular weight excluding hydrogens is 883 g/mol. The van der Waals surface area contributed by atoms with Crippen LogP contribution in [0, 0.1) is 12.7 Å². The number of urea groups is 1. The molecule has 9 rings (SSSR count). The summed E-state index contributed by atoms with van der Waals surface area (Å²) in [6.07, 6.45) is 2.35. The summed E-state index contributed by atoms with van der Waals surface area (Å²) in [6.45, 7) is 12.1. The monoisotopic (exact) mass is 936 g/mol. The average Bonchev–Trinajstić information content (AvgIpc) is 4.02. The number of H-pyrrole nitrogens is 1. The predicted octanol–water partition coefficient (Wildman–Crippen LogP) is 8.81. The summed E-state index contributed by atoms with van der Waals surface area (Å²) in [5.41, 5.74) is 4.64. The number of rotatable bonds is 14. The van der Waals surface area contributed by atoms with E-state index in [4.69, 9.17) is 25.8 Å². The molecule has 0 saturated carbocycles. The molecular formula is C47H54ClFN12O4S. The summed E-state index contributed by atoms with van der Waals surface area (Å²) in [4.78, 5) is 37.6. The van der Waals surface area contributed by atoms with Crippen LogP contribution in [-0.2, 0) is 16.8 Å². The van der Waals surface area contributed by atoms with E-state index in [1.807, 2.05) is 93.7 Å². The Labute approximate surface area is 391 Å². The maximum atomic E-state index is 13.6. The van der Waals surface area contributed by atoms with Crippen molar-refractivity contribution in [2.24, 2.45) is 0 Å². The zero-order chi connectivity index (χ0) is 46.4. The number of nitrogens with zero attached hydrogens (tertiary/aromatic N) is 8. The number of nitrogens with one attached hydrogen (secondary N) is 4. The number of benzene rings is 3. The van der Waals surface area contributed by atoms with Crippen LogP contribution >= 0.6 is 22.9 Å². The van der Waals surface area contributed by atoms with Crippen molar-refractivity contribution in [1.29, 1.82) is 0 Å². The van der Waals surface area contributed by atoms with Crippen LogP contribution < -0.4 is 25.4 Å². The third-order valence-electron chi connectivity index (χ3n) is 11.5. The largest absolute Gasteiger partial charge is 0.493 e. The number of aromatic amines is 1. The second kappa shape index (κ2) is 20.6. The molecule has 3 aromatic carbocycles. The molecule has 0 bridgehead atoms. The molecule has 2 amide bonds. The van der Waals surface area contributed by atoms with Gasteiger partial charge in [-0.1, -0.05) is 41.9 Å². The van der Waals surface area contributed by atoms with E-state index >= 15 is 0 Å². The molecule has 6 heterocycles. The van der Waals surface area contributed by atoms with Crippen molar-refractivity contribution >= 4 is 73.2 Å². The van der Waals surface area contributed by atoms with E-state index in [1.165, 1.54) is 18.5 Å². The lowest BCUT2D eigenvalue weighted by molar-refractivity contribution is 0.0357. The number of likely N-dealkylation sites (N-methyl/N-ethyl adjacent to an activating group) is 1. The van der Waals surface area contributed by atoms with Gasteiger partial charge in [0.2, 0.25) is 0 Å². The van der Waals surface area contributed by atoms with Crippen molar-refractivity contribution in [3.05, 3.63) is 112 Å². The molecule has 0 unspecified atom stereocenters. The number of aryl methyl sites for hydroxylation is 1. The Hall–Kier alpha value is -6.18. The van der Waals surface area contributed by atoms with Gasteiger partial charge < -0.3 is 40.0 Å². The number of anilines is 4. The third-order valence-corrected chi connectivity index (χ3v) is 12.7.